The number of amides is 1. The van der Waals surface area contributed by atoms with Gasteiger partial charge in [0.05, 0.1) is 6.54 Å². The Balaban J connectivity index is 0.000000194. The van der Waals surface area contributed by atoms with Crippen LogP contribution >= 0.6 is 0 Å². The zero-order chi connectivity index (χ0) is 19.7. The van der Waals surface area contributed by atoms with E-state index in [4.69, 9.17) is 16.6 Å². The number of benzene rings is 2. The molecule has 1 aliphatic heterocycles. The number of rotatable bonds is 5. The van der Waals surface area contributed by atoms with Gasteiger partial charge in [-0.1, -0.05) is 54.6 Å². The largest absolute Gasteiger partial charge is 0.478 e. The molecule has 1 saturated heterocycles. The molecule has 0 unspecified atom stereocenters. The molecule has 0 aliphatic carbocycles. The number of hydrogen-bond acceptors (Lipinski definition) is 5. The van der Waals surface area contributed by atoms with Crippen molar-refractivity contribution in [1.82, 2.24) is 10.6 Å². The van der Waals surface area contributed by atoms with Crippen molar-refractivity contribution < 1.29 is 14.7 Å². The molecule has 3 rings (SSSR count). The highest BCUT2D eigenvalue weighted by Gasteiger charge is 2.42. The van der Waals surface area contributed by atoms with Gasteiger partial charge in [0, 0.05) is 6.54 Å². The van der Waals surface area contributed by atoms with Crippen LogP contribution in [-0.2, 0) is 16.1 Å². The fourth-order valence-corrected chi connectivity index (χ4v) is 2.84. The van der Waals surface area contributed by atoms with E-state index in [9.17, 15) is 9.59 Å². The molecule has 0 radical (unpaired) electrons. The van der Waals surface area contributed by atoms with Crippen molar-refractivity contribution in [3.63, 3.8) is 0 Å². The van der Waals surface area contributed by atoms with Crippen molar-refractivity contribution in [3.8, 4) is 11.1 Å². The molecule has 7 heteroatoms. The minimum atomic E-state index is -1.30. The number of carbonyl (C=O) groups is 2. The van der Waals surface area contributed by atoms with Gasteiger partial charge in [-0.2, -0.15) is 0 Å². The van der Waals surface area contributed by atoms with Gasteiger partial charge in [-0.05, 0) is 36.1 Å². The third-order valence-electron chi connectivity index (χ3n) is 4.36. The fourth-order valence-electron chi connectivity index (χ4n) is 2.84. The average molecular weight is 370 g/mol. The smallest absolute Gasteiger partial charge is 0.344 e. The van der Waals surface area contributed by atoms with Crippen LogP contribution in [0, 0.1) is 0 Å². The number of carboxylic acids is 1. The number of nitrogens with one attached hydrogen (secondary N) is 2. The molecule has 2 aromatic carbocycles. The van der Waals surface area contributed by atoms with Gasteiger partial charge in [-0.15, -0.1) is 0 Å². The van der Waals surface area contributed by atoms with E-state index >= 15 is 0 Å². The van der Waals surface area contributed by atoms with Crippen LogP contribution in [-0.4, -0.2) is 35.7 Å². The number of aliphatic carboxylic acids is 1. The van der Waals surface area contributed by atoms with E-state index in [1.807, 2.05) is 18.2 Å². The van der Waals surface area contributed by atoms with Crippen molar-refractivity contribution >= 4 is 11.9 Å². The highest BCUT2D eigenvalue weighted by Crippen LogP contribution is 2.19. The summed E-state index contributed by atoms with van der Waals surface area (Å²) < 4.78 is 0. The normalized spacial score (nSPS) is 18.3. The lowest BCUT2D eigenvalue weighted by molar-refractivity contribution is -0.148. The molecular formula is C20H26N4O3. The zero-order valence-electron chi connectivity index (χ0n) is 15.2. The van der Waals surface area contributed by atoms with Crippen LogP contribution in [0.3, 0.4) is 0 Å². The first-order valence-corrected chi connectivity index (χ1v) is 8.84. The maximum atomic E-state index is 10.9. The molecule has 144 valence electrons. The van der Waals surface area contributed by atoms with Crippen LogP contribution in [0.2, 0.25) is 0 Å². The lowest BCUT2D eigenvalue weighted by atomic mass is 10.0. The van der Waals surface area contributed by atoms with E-state index in [0.717, 1.165) is 6.42 Å². The number of carbonyl (C=O) groups excluding carboxylic acids is 1. The zero-order valence-corrected chi connectivity index (χ0v) is 15.2. The van der Waals surface area contributed by atoms with Crippen molar-refractivity contribution in [2.75, 3.05) is 13.1 Å². The number of carboxylic acid groups (broad SMARTS) is 1. The molecule has 7 N–H and O–H groups in total. The van der Waals surface area contributed by atoms with E-state index < -0.39 is 17.5 Å². The summed E-state index contributed by atoms with van der Waals surface area (Å²) in [6, 6.07) is 18.7. The Hall–Kier alpha value is -2.74. The van der Waals surface area contributed by atoms with E-state index in [1.165, 1.54) is 16.7 Å². The summed E-state index contributed by atoms with van der Waals surface area (Å²) in [6.45, 7) is 1.00. The molecule has 1 aliphatic rings. The number of nitrogens with two attached hydrogens (primary N) is 2. The summed E-state index contributed by atoms with van der Waals surface area (Å²) in [7, 11) is 0. The fraction of sp³-hybridized carbons (Fsp3) is 0.300. The van der Waals surface area contributed by atoms with Crippen LogP contribution in [0.1, 0.15) is 18.4 Å². The van der Waals surface area contributed by atoms with Crippen molar-refractivity contribution in [1.29, 1.82) is 0 Å². The summed E-state index contributed by atoms with van der Waals surface area (Å²) in [5.41, 5.74) is 13.0. The minimum absolute atomic E-state index is 0.198. The van der Waals surface area contributed by atoms with E-state index in [2.05, 4.69) is 47.0 Å². The summed E-state index contributed by atoms with van der Waals surface area (Å²) in [4.78, 5) is 21.8. The van der Waals surface area contributed by atoms with Crippen LogP contribution in [0.25, 0.3) is 11.1 Å². The second-order valence-corrected chi connectivity index (χ2v) is 6.26. The first-order valence-electron chi connectivity index (χ1n) is 8.84. The Morgan fingerprint density at radius 2 is 1.67 bits per heavy atom. The lowest BCUT2D eigenvalue weighted by Crippen LogP contribution is -2.61. The van der Waals surface area contributed by atoms with Crippen molar-refractivity contribution in [2.45, 2.75) is 25.0 Å². The van der Waals surface area contributed by atoms with Crippen molar-refractivity contribution in [3.05, 3.63) is 60.2 Å². The van der Waals surface area contributed by atoms with Gasteiger partial charge >= 0.3 is 5.97 Å². The van der Waals surface area contributed by atoms with Crippen LogP contribution in [0.4, 0.5) is 0 Å². The Bertz CT molecular complexity index is 742. The Kier molecular flexibility index (Phi) is 7.48. The maximum Gasteiger partial charge on any atom is 0.344 e. The minimum Gasteiger partial charge on any atom is -0.478 e. The lowest BCUT2D eigenvalue weighted by Gasteiger charge is -2.25. The second-order valence-electron chi connectivity index (χ2n) is 6.26. The highest BCUT2D eigenvalue weighted by molar-refractivity contribution is 5.87. The topological polar surface area (TPSA) is 130 Å². The molecule has 7 nitrogen and oxygen atoms in total. The van der Waals surface area contributed by atoms with Gasteiger partial charge in [-0.25, -0.2) is 4.79 Å². The summed E-state index contributed by atoms with van der Waals surface area (Å²) >= 11 is 0. The third kappa shape index (κ3) is 5.62. The molecule has 0 spiro atoms. The molecule has 1 amide bonds. The molecule has 0 bridgehead atoms. The number of hydrogen-bond donors (Lipinski definition) is 5. The Labute approximate surface area is 158 Å². The quantitative estimate of drug-likeness (QED) is 0.534. The predicted octanol–water partition coefficient (Wildman–Crippen LogP) is 1.04. The van der Waals surface area contributed by atoms with E-state index in [-0.39, 0.29) is 6.54 Å². The van der Waals surface area contributed by atoms with Crippen LogP contribution in [0.15, 0.2) is 54.6 Å². The molecule has 1 atom stereocenters. The molecule has 0 aromatic heterocycles. The Morgan fingerprint density at radius 1 is 1.04 bits per heavy atom. The standard InChI is InChI=1S/C13H13N.C7H13N3O3/c14-10-11-6-8-13(9-7-11)12-4-2-1-3-5-12;8-4-5(11)10-7(6(12)13)2-1-3-9-7/h1-9H,10,14H2;9H,1-4,8H2,(H,10,11)(H,12,13)/t;7-/m.1/s1. The van der Waals surface area contributed by atoms with E-state index in [1.54, 1.807) is 0 Å². The first kappa shape index (κ1) is 20.6. The highest BCUT2D eigenvalue weighted by atomic mass is 16.4. The van der Waals surface area contributed by atoms with E-state index in [0.29, 0.717) is 19.5 Å². The van der Waals surface area contributed by atoms with Gasteiger partial charge in [0.25, 0.3) is 0 Å². The molecule has 27 heavy (non-hydrogen) atoms. The van der Waals surface area contributed by atoms with Crippen molar-refractivity contribution in [2.24, 2.45) is 11.5 Å². The first-order chi connectivity index (χ1) is 13.0. The molecule has 1 fully saturated rings. The van der Waals surface area contributed by atoms with Crippen LogP contribution in [0.5, 0.6) is 0 Å². The summed E-state index contributed by atoms with van der Waals surface area (Å²) in [6.07, 6.45) is 1.13. The Morgan fingerprint density at radius 3 is 2.15 bits per heavy atom. The summed E-state index contributed by atoms with van der Waals surface area (Å²) in [5.74, 6) is -1.52. The third-order valence-corrected chi connectivity index (χ3v) is 4.36. The summed E-state index contributed by atoms with van der Waals surface area (Å²) in [5, 5.41) is 14.0. The van der Waals surface area contributed by atoms with Gasteiger partial charge in [-0.3, -0.25) is 10.1 Å². The average Bonchev–Trinajstić information content (AvgIpc) is 3.19. The molecular weight excluding hydrogens is 344 g/mol. The van der Waals surface area contributed by atoms with Gasteiger partial charge < -0.3 is 21.9 Å². The van der Waals surface area contributed by atoms with Gasteiger partial charge in [0.15, 0.2) is 5.66 Å². The monoisotopic (exact) mass is 370 g/mol. The second kappa shape index (κ2) is 9.82. The van der Waals surface area contributed by atoms with Gasteiger partial charge in [0.1, 0.15) is 0 Å². The predicted molar refractivity (Wildman–Crippen MR) is 105 cm³/mol. The molecule has 0 saturated carbocycles. The van der Waals surface area contributed by atoms with Crippen LogP contribution < -0.4 is 22.1 Å². The SMILES string of the molecule is NCC(=O)N[C@@]1(C(=O)O)CCCN1.NCc1ccc(-c2ccccc2)cc1. The molecule has 1 heterocycles. The van der Waals surface area contributed by atoms with Gasteiger partial charge in [0.2, 0.25) is 5.91 Å². The maximum absolute atomic E-state index is 10.9. The molecule has 2 aromatic rings.